The average Bonchev–Trinajstić information content (AvgIpc) is 2.46. The van der Waals surface area contributed by atoms with E-state index < -0.39 is 0 Å². The molecule has 2 rings (SSSR count). The van der Waals surface area contributed by atoms with Crippen LogP contribution in [-0.4, -0.2) is 47.1 Å². The predicted molar refractivity (Wildman–Crippen MR) is 87.5 cm³/mol. The third-order valence-corrected chi connectivity index (χ3v) is 4.44. The van der Waals surface area contributed by atoms with Gasteiger partial charge in [-0.1, -0.05) is 6.92 Å². The molecule has 1 aromatic heterocycles. The van der Waals surface area contributed by atoms with Crippen LogP contribution in [0.15, 0.2) is 0 Å². The van der Waals surface area contributed by atoms with Gasteiger partial charge in [0, 0.05) is 37.2 Å². The van der Waals surface area contributed by atoms with Crippen LogP contribution in [0.3, 0.4) is 0 Å². The highest BCUT2D eigenvalue weighted by atomic mass is 15.3. The van der Waals surface area contributed by atoms with Gasteiger partial charge in [0.25, 0.3) is 0 Å². The Morgan fingerprint density at radius 1 is 1.24 bits per heavy atom. The summed E-state index contributed by atoms with van der Waals surface area (Å²) in [5.74, 6) is 8.25. The topological polar surface area (TPSA) is 70.3 Å². The second-order valence-electron chi connectivity index (χ2n) is 6.10. The predicted octanol–water partition coefficient (Wildman–Crippen LogP) is 1.55. The number of rotatable bonds is 4. The van der Waals surface area contributed by atoms with E-state index in [2.05, 4.69) is 48.0 Å². The fourth-order valence-corrected chi connectivity index (χ4v) is 2.91. The molecule has 0 bridgehead atoms. The smallest absolute Gasteiger partial charge is 0.148 e. The van der Waals surface area contributed by atoms with Crippen molar-refractivity contribution in [3.63, 3.8) is 0 Å². The van der Waals surface area contributed by atoms with Crippen LogP contribution >= 0.6 is 0 Å². The van der Waals surface area contributed by atoms with Gasteiger partial charge in [0.1, 0.15) is 17.5 Å². The molecule has 118 valence electrons. The van der Waals surface area contributed by atoms with Crippen molar-refractivity contribution in [3.8, 4) is 0 Å². The Morgan fingerprint density at radius 3 is 2.38 bits per heavy atom. The third kappa shape index (κ3) is 3.27. The Balaban J connectivity index is 2.35. The second-order valence-corrected chi connectivity index (χ2v) is 6.10. The van der Waals surface area contributed by atoms with Crippen molar-refractivity contribution in [2.75, 3.05) is 30.5 Å². The molecule has 0 saturated carbocycles. The first-order chi connectivity index (χ1) is 9.97. The average molecular weight is 292 g/mol. The fourth-order valence-electron chi connectivity index (χ4n) is 2.91. The number of piperazine rings is 1. The Kier molecular flexibility index (Phi) is 5.00. The van der Waals surface area contributed by atoms with Gasteiger partial charge in [-0.25, -0.2) is 15.8 Å². The van der Waals surface area contributed by atoms with Gasteiger partial charge >= 0.3 is 0 Å². The first-order valence-corrected chi connectivity index (χ1v) is 7.78. The maximum atomic E-state index is 5.62. The number of nitrogens with zero attached hydrogens (tertiary/aromatic N) is 4. The summed E-state index contributed by atoms with van der Waals surface area (Å²) in [4.78, 5) is 14.1. The van der Waals surface area contributed by atoms with Gasteiger partial charge in [-0.3, -0.25) is 4.90 Å². The number of hydrogen-bond acceptors (Lipinski definition) is 6. The van der Waals surface area contributed by atoms with Crippen molar-refractivity contribution in [2.45, 2.75) is 52.6 Å². The molecule has 1 aliphatic rings. The zero-order chi connectivity index (χ0) is 15.6. The lowest BCUT2D eigenvalue weighted by Gasteiger charge is -2.43. The first-order valence-electron chi connectivity index (χ1n) is 7.78. The van der Waals surface area contributed by atoms with E-state index in [9.17, 15) is 0 Å². The van der Waals surface area contributed by atoms with E-state index in [-0.39, 0.29) is 0 Å². The molecule has 1 aliphatic heterocycles. The van der Waals surface area contributed by atoms with E-state index in [0.717, 1.165) is 49.0 Å². The number of nitrogen functional groups attached to an aromatic ring is 1. The van der Waals surface area contributed by atoms with Gasteiger partial charge < -0.3 is 10.3 Å². The van der Waals surface area contributed by atoms with Gasteiger partial charge in [-0.2, -0.15) is 0 Å². The van der Waals surface area contributed by atoms with E-state index in [1.807, 2.05) is 6.92 Å². The molecule has 0 aromatic carbocycles. The third-order valence-electron chi connectivity index (χ3n) is 4.44. The van der Waals surface area contributed by atoms with Crippen molar-refractivity contribution in [3.05, 3.63) is 11.4 Å². The molecule has 6 heteroatoms. The lowest BCUT2D eigenvalue weighted by atomic mass is 10.1. The van der Waals surface area contributed by atoms with Crippen LogP contribution in [0.2, 0.25) is 0 Å². The highest BCUT2D eigenvalue weighted by molar-refractivity contribution is 5.58. The minimum atomic E-state index is 0.507. The number of aromatic nitrogens is 2. The maximum absolute atomic E-state index is 5.62. The number of hydrazine groups is 1. The molecule has 1 saturated heterocycles. The number of nitrogens with one attached hydrogen (secondary N) is 1. The molecule has 6 nitrogen and oxygen atoms in total. The molecule has 1 aromatic rings. The molecule has 21 heavy (non-hydrogen) atoms. The molecule has 0 spiro atoms. The number of hydrogen-bond donors (Lipinski definition) is 2. The molecule has 3 N–H and O–H groups in total. The molecule has 0 radical (unpaired) electrons. The summed E-state index contributed by atoms with van der Waals surface area (Å²) in [5, 5.41) is 0. The fraction of sp³-hybridized carbons (Fsp3) is 0.733. The maximum Gasteiger partial charge on any atom is 0.148 e. The van der Waals surface area contributed by atoms with E-state index in [4.69, 9.17) is 10.8 Å². The van der Waals surface area contributed by atoms with Gasteiger partial charge in [0.15, 0.2) is 0 Å². The van der Waals surface area contributed by atoms with Crippen molar-refractivity contribution >= 4 is 11.6 Å². The van der Waals surface area contributed by atoms with Crippen molar-refractivity contribution < 1.29 is 0 Å². The van der Waals surface area contributed by atoms with Crippen molar-refractivity contribution in [1.29, 1.82) is 0 Å². The molecular formula is C15H28N6. The Hall–Kier alpha value is -1.40. The lowest BCUT2D eigenvalue weighted by molar-refractivity contribution is 0.169. The summed E-state index contributed by atoms with van der Waals surface area (Å²) >= 11 is 0. The second kappa shape index (κ2) is 6.58. The summed E-state index contributed by atoms with van der Waals surface area (Å²) in [6, 6.07) is 1.01. The molecule has 2 atom stereocenters. The van der Waals surface area contributed by atoms with E-state index in [1.165, 1.54) is 0 Å². The minimum absolute atomic E-state index is 0.507. The van der Waals surface area contributed by atoms with Gasteiger partial charge in [0.05, 0.1) is 0 Å². The summed E-state index contributed by atoms with van der Waals surface area (Å²) < 4.78 is 0. The van der Waals surface area contributed by atoms with Crippen LogP contribution in [0.25, 0.3) is 0 Å². The number of nitrogens with two attached hydrogens (primary N) is 1. The largest absolute Gasteiger partial charge is 0.353 e. The molecule has 0 aliphatic carbocycles. The lowest BCUT2D eigenvalue weighted by Crippen LogP contribution is -2.55. The highest BCUT2D eigenvalue weighted by Gasteiger charge is 2.28. The summed E-state index contributed by atoms with van der Waals surface area (Å²) in [6.07, 6.45) is 1.91. The quantitative estimate of drug-likeness (QED) is 0.648. The number of anilines is 2. The van der Waals surface area contributed by atoms with Crippen LogP contribution in [-0.2, 0) is 6.42 Å². The number of likely N-dealkylation sites (N-methyl/N-ethyl adjacent to an activating group) is 1. The van der Waals surface area contributed by atoms with E-state index >= 15 is 0 Å². The Labute approximate surface area is 127 Å². The van der Waals surface area contributed by atoms with E-state index in [1.54, 1.807) is 0 Å². The van der Waals surface area contributed by atoms with Crippen molar-refractivity contribution in [1.82, 2.24) is 14.9 Å². The SMILES string of the molecule is CCCc1nc(NN)c(C)c(N2CC(C)N(C)C(C)C2)n1. The zero-order valence-electron chi connectivity index (χ0n) is 13.8. The van der Waals surface area contributed by atoms with Crippen LogP contribution in [0.4, 0.5) is 11.6 Å². The normalized spacial score (nSPS) is 23.4. The standard InChI is InChI=1S/C15H28N6/c1-6-7-13-17-14(19-16)12(4)15(18-13)21-8-10(2)20(5)11(3)9-21/h10-11H,6-9,16H2,1-5H3,(H,17,18,19). The van der Waals surface area contributed by atoms with Crippen LogP contribution in [0, 0.1) is 6.92 Å². The Morgan fingerprint density at radius 2 is 1.86 bits per heavy atom. The van der Waals surface area contributed by atoms with Crippen molar-refractivity contribution in [2.24, 2.45) is 5.84 Å². The van der Waals surface area contributed by atoms with Crippen LogP contribution < -0.4 is 16.2 Å². The number of aryl methyl sites for hydroxylation is 1. The van der Waals surface area contributed by atoms with E-state index in [0.29, 0.717) is 12.1 Å². The van der Waals surface area contributed by atoms with Gasteiger partial charge in [0.2, 0.25) is 0 Å². The Bertz CT molecular complexity index is 477. The molecule has 1 fully saturated rings. The minimum Gasteiger partial charge on any atom is -0.353 e. The summed E-state index contributed by atoms with van der Waals surface area (Å²) in [5.41, 5.74) is 3.75. The molecular weight excluding hydrogens is 264 g/mol. The van der Waals surface area contributed by atoms with Gasteiger partial charge in [-0.15, -0.1) is 0 Å². The van der Waals surface area contributed by atoms with Gasteiger partial charge in [-0.05, 0) is 34.2 Å². The molecule has 2 heterocycles. The van der Waals surface area contributed by atoms with Crippen LogP contribution in [0.5, 0.6) is 0 Å². The van der Waals surface area contributed by atoms with Crippen LogP contribution in [0.1, 0.15) is 38.6 Å². The summed E-state index contributed by atoms with van der Waals surface area (Å²) in [7, 11) is 2.19. The summed E-state index contributed by atoms with van der Waals surface area (Å²) in [6.45, 7) is 10.7. The molecule has 2 unspecified atom stereocenters. The molecule has 0 amide bonds. The highest BCUT2D eigenvalue weighted by Crippen LogP contribution is 2.26. The monoisotopic (exact) mass is 292 g/mol. The first kappa shape index (κ1) is 16.0. The zero-order valence-corrected chi connectivity index (χ0v) is 13.8.